The van der Waals surface area contributed by atoms with Crippen LogP contribution in [-0.4, -0.2) is 27.2 Å². The molecule has 0 aromatic heterocycles. The predicted molar refractivity (Wildman–Crippen MR) is 63.1 cm³/mol. The predicted octanol–water partition coefficient (Wildman–Crippen LogP) is 0.653. The van der Waals surface area contributed by atoms with Crippen molar-refractivity contribution in [1.29, 1.82) is 0 Å². The lowest BCUT2D eigenvalue weighted by atomic mass is 10.1. The maximum absolute atomic E-state index is 11.4. The Morgan fingerprint density at radius 2 is 1.88 bits per heavy atom. The molecule has 0 aliphatic heterocycles. The first-order chi connectivity index (χ1) is 7.86. The molecule has 1 aromatic carbocycles. The van der Waals surface area contributed by atoms with Gasteiger partial charge in [0, 0.05) is 6.26 Å². The van der Waals surface area contributed by atoms with Crippen molar-refractivity contribution >= 4 is 15.8 Å². The maximum Gasteiger partial charge on any atom is 0.327 e. The molecule has 17 heavy (non-hydrogen) atoms. The quantitative estimate of drug-likeness (QED) is 0.800. The van der Waals surface area contributed by atoms with Crippen molar-refractivity contribution in [1.82, 2.24) is 0 Å². The first-order valence-corrected chi connectivity index (χ1v) is 6.97. The van der Waals surface area contributed by atoms with Gasteiger partial charge in [-0.05, 0) is 24.6 Å². The van der Waals surface area contributed by atoms with Crippen molar-refractivity contribution in [3.8, 4) is 0 Å². The Kier molecular flexibility index (Phi) is 4.25. The zero-order valence-corrected chi connectivity index (χ0v) is 10.5. The van der Waals surface area contributed by atoms with E-state index in [9.17, 15) is 13.2 Å². The van der Waals surface area contributed by atoms with Gasteiger partial charge >= 0.3 is 5.97 Å². The second-order valence-corrected chi connectivity index (χ2v) is 5.59. The molecule has 0 fully saturated rings. The van der Waals surface area contributed by atoms with E-state index < -0.39 is 21.8 Å². The fourth-order valence-corrected chi connectivity index (χ4v) is 1.92. The third kappa shape index (κ3) is 3.54. The summed E-state index contributed by atoms with van der Waals surface area (Å²) in [5.74, 6) is -0.528. The molecule has 0 spiro atoms. The zero-order chi connectivity index (χ0) is 13.1. The maximum atomic E-state index is 11.4. The van der Waals surface area contributed by atoms with E-state index in [4.69, 9.17) is 10.5 Å². The largest absolute Gasteiger partial charge is 0.465 e. The van der Waals surface area contributed by atoms with Crippen LogP contribution in [0.2, 0.25) is 0 Å². The lowest BCUT2D eigenvalue weighted by Gasteiger charge is -2.11. The van der Waals surface area contributed by atoms with Crippen molar-refractivity contribution < 1.29 is 17.9 Å². The second-order valence-electron chi connectivity index (χ2n) is 3.57. The molecule has 1 atom stereocenters. The van der Waals surface area contributed by atoms with Gasteiger partial charge in [0.2, 0.25) is 0 Å². The minimum atomic E-state index is -3.23. The van der Waals surface area contributed by atoms with Gasteiger partial charge in [0.05, 0.1) is 11.5 Å². The molecule has 2 N–H and O–H groups in total. The third-order valence-corrected chi connectivity index (χ3v) is 3.34. The van der Waals surface area contributed by atoms with Crippen LogP contribution in [0.15, 0.2) is 29.2 Å². The molecule has 0 radical (unpaired) electrons. The SMILES string of the molecule is CCOC(=O)C(N)c1ccc(S(C)(=O)=O)cc1. The average molecular weight is 257 g/mol. The number of rotatable bonds is 4. The Morgan fingerprint density at radius 3 is 2.29 bits per heavy atom. The molecule has 0 heterocycles. The highest BCUT2D eigenvalue weighted by molar-refractivity contribution is 7.90. The van der Waals surface area contributed by atoms with Crippen LogP contribution in [-0.2, 0) is 19.4 Å². The molecule has 1 aromatic rings. The van der Waals surface area contributed by atoms with Crippen molar-refractivity contribution in [2.45, 2.75) is 17.9 Å². The van der Waals surface area contributed by atoms with Gasteiger partial charge in [-0.25, -0.2) is 13.2 Å². The van der Waals surface area contributed by atoms with E-state index in [1.54, 1.807) is 6.92 Å². The third-order valence-electron chi connectivity index (χ3n) is 2.21. The summed E-state index contributed by atoms with van der Waals surface area (Å²) in [6.45, 7) is 1.95. The van der Waals surface area contributed by atoms with Gasteiger partial charge in [-0.2, -0.15) is 0 Å². The summed E-state index contributed by atoms with van der Waals surface area (Å²) in [5, 5.41) is 0. The molecular formula is C11H15NO4S. The zero-order valence-electron chi connectivity index (χ0n) is 9.71. The Bertz CT molecular complexity index is 493. The van der Waals surface area contributed by atoms with Gasteiger partial charge in [0.1, 0.15) is 6.04 Å². The standard InChI is InChI=1S/C11H15NO4S/c1-3-16-11(13)10(12)8-4-6-9(7-5-8)17(2,14)15/h4-7,10H,3,12H2,1-2H3. The first kappa shape index (κ1) is 13.7. The van der Waals surface area contributed by atoms with Gasteiger partial charge in [0.25, 0.3) is 0 Å². The Morgan fingerprint density at radius 1 is 1.35 bits per heavy atom. The summed E-state index contributed by atoms with van der Waals surface area (Å²) in [6, 6.07) is 4.98. The highest BCUT2D eigenvalue weighted by Gasteiger charge is 2.17. The lowest BCUT2D eigenvalue weighted by molar-refractivity contribution is -0.144. The molecular weight excluding hydrogens is 242 g/mol. The minimum absolute atomic E-state index is 0.192. The van der Waals surface area contributed by atoms with E-state index in [2.05, 4.69) is 0 Å². The van der Waals surface area contributed by atoms with E-state index >= 15 is 0 Å². The normalized spacial score (nSPS) is 13.1. The number of hydrogen-bond donors (Lipinski definition) is 1. The van der Waals surface area contributed by atoms with E-state index in [0.29, 0.717) is 5.56 Å². The molecule has 1 unspecified atom stereocenters. The Hall–Kier alpha value is -1.40. The molecule has 0 aliphatic carbocycles. The molecule has 0 saturated carbocycles. The summed E-state index contributed by atoms with van der Waals surface area (Å²) in [5.41, 5.74) is 6.18. The Balaban J connectivity index is 2.92. The molecule has 0 amide bonds. The molecule has 1 rings (SSSR count). The number of carbonyl (C=O) groups excluding carboxylic acids is 1. The van der Waals surface area contributed by atoms with Crippen LogP contribution in [0.1, 0.15) is 18.5 Å². The summed E-state index contributed by atoms with van der Waals surface area (Å²) < 4.78 is 27.2. The van der Waals surface area contributed by atoms with E-state index in [1.807, 2.05) is 0 Å². The van der Waals surface area contributed by atoms with Crippen LogP contribution >= 0.6 is 0 Å². The summed E-state index contributed by atoms with van der Waals surface area (Å²) in [4.78, 5) is 11.6. The van der Waals surface area contributed by atoms with Crippen LogP contribution in [0.25, 0.3) is 0 Å². The van der Waals surface area contributed by atoms with Crippen molar-refractivity contribution in [3.63, 3.8) is 0 Å². The topological polar surface area (TPSA) is 86.5 Å². The number of nitrogens with two attached hydrogens (primary N) is 1. The van der Waals surface area contributed by atoms with Crippen molar-refractivity contribution in [3.05, 3.63) is 29.8 Å². The van der Waals surface area contributed by atoms with Crippen LogP contribution in [0.3, 0.4) is 0 Å². The average Bonchev–Trinajstić information content (AvgIpc) is 2.27. The van der Waals surface area contributed by atoms with E-state index in [-0.39, 0.29) is 11.5 Å². The van der Waals surface area contributed by atoms with Crippen molar-refractivity contribution in [2.75, 3.05) is 12.9 Å². The number of benzene rings is 1. The van der Waals surface area contributed by atoms with Gasteiger partial charge in [-0.1, -0.05) is 12.1 Å². The second kappa shape index (κ2) is 5.29. The fourth-order valence-electron chi connectivity index (χ4n) is 1.29. The summed E-state index contributed by atoms with van der Waals surface area (Å²) in [7, 11) is -3.23. The van der Waals surface area contributed by atoms with Gasteiger partial charge in [-0.3, -0.25) is 0 Å². The van der Waals surface area contributed by atoms with E-state index in [1.165, 1.54) is 24.3 Å². The molecule has 0 aliphatic rings. The summed E-state index contributed by atoms with van der Waals surface area (Å²) in [6.07, 6.45) is 1.12. The van der Waals surface area contributed by atoms with Gasteiger partial charge in [-0.15, -0.1) is 0 Å². The molecule has 0 saturated heterocycles. The van der Waals surface area contributed by atoms with Crippen LogP contribution in [0.5, 0.6) is 0 Å². The van der Waals surface area contributed by atoms with Gasteiger partial charge in [0.15, 0.2) is 9.84 Å². The molecule has 0 bridgehead atoms. The highest BCUT2D eigenvalue weighted by atomic mass is 32.2. The lowest BCUT2D eigenvalue weighted by Crippen LogP contribution is -2.23. The number of sulfone groups is 1. The highest BCUT2D eigenvalue weighted by Crippen LogP contribution is 2.15. The number of esters is 1. The monoisotopic (exact) mass is 257 g/mol. The molecule has 94 valence electrons. The Labute approximate surface area is 100 Å². The minimum Gasteiger partial charge on any atom is -0.465 e. The van der Waals surface area contributed by atoms with Crippen molar-refractivity contribution in [2.24, 2.45) is 5.73 Å². The summed E-state index contributed by atoms with van der Waals surface area (Å²) >= 11 is 0. The number of ether oxygens (including phenoxy) is 1. The van der Waals surface area contributed by atoms with Crippen LogP contribution in [0, 0.1) is 0 Å². The van der Waals surface area contributed by atoms with Gasteiger partial charge < -0.3 is 10.5 Å². The molecule has 5 nitrogen and oxygen atoms in total. The van der Waals surface area contributed by atoms with E-state index in [0.717, 1.165) is 6.26 Å². The number of hydrogen-bond acceptors (Lipinski definition) is 5. The van der Waals surface area contributed by atoms with Crippen LogP contribution < -0.4 is 5.73 Å². The fraction of sp³-hybridized carbons (Fsp3) is 0.364. The smallest absolute Gasteiger partial charge is 0.327 e. The molecule has 6 heteroatoms. The first-order valence-electron chi connectivity index (χ1n) is 5.08. The van der Waals surface area contributed by atoms with Crippen LogP contribution in [0.4, 0.5) is 0 Å². The number of carbonyl (C=O) groups is 1.